The van der Waals surface area contributed by atoms with Gasteiger partial charge in [-0.2, -0.15) is 0 Å². The normalized spacial score (nSPS) is 20.2. The first-order chi connectivity index (χ1) is 21.2. The first-order valence-electron chi connectivity index (χ1n) is 15.6. The van der Waals surface area contributed by atoms with Gasteiger partial charge in [0.25, 0.3) is 0 Å². The molecule has 0 fully saturated rings. The van der Waals surface area contributed by atoms with Crippen molar-refractivity contribution in [3.05, 3.63) is 72.2 Å². The lowest BCUT2D eigenvalue weighted by molar-refractivity contribution is -0.139. The van der Waals surface area contributed by atoms with Gasteiger partial charge in [0, 0.05) is 30.9 Å². The molecule has 0 bridgehead atoms. The third kappa shape index (κ3) is 16.3. The van der Waals surface area contributed by atoms with Crippen LogP contribution in [0.4, 0.5) is 4.79 Å². The van der Waals surface area contributed by atoms with Crippen LogP contribution in [-0.2, 0) is 23.8 Å². The molecule has 0 spiro atoms. The van der Waals surface area contributed by atoms with E-state index in [-0.39, 0.29) is 30.1 Å². The van der Waals surface area contributed by atoms with Crippen molar-refractivity contribution in [1.29, 1.82) is 0 Å². The summed E-state index contributed by atoms with van der Waals surface area (Å²) in [5, 5.41) is 18.4. The maximum absolute atomic E-state index is 13.0. The predicted octanol–water partition coefficient (Wildman–Crippen LogP) is 5.73. The number of carbonyl (C=O) groups is 3. The van der Waals surface area contributed by atoms with Crippen LogP contribution in [0, 0.1) is 11.3 Å². The van der Waals surface area contributed by atoms with E-state index in [2.05, 4.69) is 22.0 Å². The number of allylic oxidation sites excluding steroid dienone is 6. The van der Waals surface area contributed by atoms with Gasteiger partial charge < -0.3 is 35.3 Å². The van der Waals surface area contributed by atoms with E-state index in [1.807, 2.05) is 79.7 Å². The van der Waals surface area contributed by atoms with E-state index in [9.17, 15) is 19.5 Å². The first kappa shape index (κ1) is 39.4. The SMILES string of the molecule is C/C=C\C[C@@H](C/C=C\NC(=O)[C@@H](NC(=O)\C=C/C=C\C(C)=C\[C@H](C)[C@@H]1CCC=C(OC)[C@H](O)O1)C(C)(C)C)OC(=O)NC(C)C. The van der Waals surface area contributed by atoms with Crippen LogP contribution in [0.5, 0.6) is 0 Å². The number of methoxy groups -OCH3 is 1. The molecule has 0 radical (unpaired) electrons. The van der Waals surface area contributed by atoms with Gasteiger partial charge in [0.05, 0.1) is 13.2 Å². The molecule has 3 amide bonds. The zero-order valence-electron chi connectivity index (χ0n) is 28.5. The molecule has 10 nitrogen and oxygen atoms in total. The molecule has 5 atom stereocenters. The van der Waals surface area contributed by atoms with Crippen molar-refractivity contribution in [2.24, 2.45) is 11.3 Å². The predicted molar refractivity (Wildman–Crippen MR) is 178 cm³/mol. The van der Waals surface area contributed by atoms with E-state index in [1.165, 1.54) is 19.4 Å². The fraction of sp³-hybridized carbons (Fsp3) is 0.571. The molecule has 1 aliphatic rings. The maximum Gasteiger partial charge on any atom is 0.407 e. The van der Waals surface area contributed by atoms with Crippen molar-refractivity contribution in [1.82, 2.24) is 16.0 Å². The Kier molecular flexibility index (Phi) is 17.9. The van der Waals surface area contributed by atoms with E-state index < -0.39 is 29.7 Å². The van der Waals surface area contributed by atoms with Crippen LogP contribution in [0.25, 0.3) is 0 Å². The minimum Gasteiger partial charge on any atom is -0.496 e. The summed E-state index contributed by atoms with van der Waals surface area (Å²) in [4.78, 5) is 37.7. The lowest BCUT2D eigenvalue weighted by Crippen LogP contribution is -2.52. The van der Waals surface area contributed by atoms with Gasteiger partial charge in [0.2, 0.25) is 18.1 Å². The molecule has 0 saturated heterocycles. The van der Waals surface area contributed by atoms with Crippen molar-refractivity contribution in [2.75, 3.05) is 7.11 Å². The molecule has 0 aromatic heterocycles. The van der Waals surface area contributed by atoms with Gasteiger partial charge in [0.15, 0.2) is 0 Å². The summed E-state index contributed by atoms with van der Waals surface area (Å²) in [5.74, 6) is -0.268. The number of hydrogen-bond donors (Lipinski definition) is 4. The number of hydrogen-bond acceptors (Lipinski definition) is 7. The summed E-state index contributed by atoms with van der Waals surface area (Å²) in [7, 11) is 1.51. The number of amides is 3. The number of carbonyl (C=O) groups excluding carboxylic acids is 3. The Bertz CT molecular complexity index is 1130. The highest BCUT2D eigenvalue weighted by Gasteiger charge is 2.32. The molecule has 0 saturated carbocycles. The highest BCUT2D eigenvalue weighted by Crippen LogP contribution is 2.24. The fourth-order valence-corrected chi connectivity index (χ4v) is 4.50. The lowest BCUT2D eigenvalue weighted by atomic mass is 9.86. The zero-order chi connectivity index (χ0) is 34.0. The van der Waals surface area contributed by atoms with Gasteiger partial charge in [-0.05, 0) is 58.2 Å². The monoisotopic (exact) mass is 629 g/mol. The maximum atomic E-state index is 13.0. The van der Waals surface area contributed by atoms with Crippen LogP contribution in [0.3, 0.4) is 0 Å². The Labute approximate surface area is 269 Å². The van der Waals surface area contributed by atoms with E-state index in [1.54, 1.807) is 18.2 Å². The minimum absolute atomic E-state index is 0.0356. The van der Waals surface area contributed by atoms with Crippen LogP contribution in [0.2, 0.25) is 0 Å². The largest absolute Gasteiger partial charge is 0.496 e. The Hall–Kier alpha value is -3.63. The molecule has 1 heterocycles. The molecule has 45 heavy (non-hydrogen) atoms. The second kappa shape index (κ2) is 20.4. The third-order valence-corrected chi connectivity index (χ3v) is 6.88. The van der Waals surface area contributed by atoms with E-state index >= 15 is 0 Å². The molecule has 252 valence electrons. The van der Waals surface area contributed by atoms with Gasteiger partial charge in [0.1, 0.15) is 17.9 Å². The Balaban J connectivity index is 2.71. The molecule has 4 N–H and O–H groups in total. The topological polar surface area (TPSA) is 135 Å². The highest BCUT2D eigenvalue weighted by atomic mass is 16.6. The van der Waals surface area contributed by atoms with Crippen molar-refractivity contribution >= 4 is 17.9 Å². The van der Waals surface area contributed by atoms with Crippen LogP contribution in [0.15, 0.2) is 72.2 Å². The smallest absolute Gasteiger partial charge is 0.407 e. The summed E-state index contributed by atoms with van der Waals surface area (Å²) in [6, 6.07) is -0.827. The minimum atomic E-state index is -1.07. The van der Waals surface area contributed by atoms with E-state index in [0.29, 0.717) is 18.6 Å². The van der Waals surface area contributed by atoms with E-state index in [0.717, 1.165) is 18.4 Å². The summed E-state index contributed by atoms with van der Waals surface area (Å²) < 4.78 is 16.4. The summed E-state index contributed by atoms with van der Waals surface area (Å²) >= 11 is 0. The lowest BCUT2D eigenvalue weighted by Gasteiger charge is -2.29. The molecule has 0 aliphatic carbocycles. The number of alkyl carbamates (subject to hydrolysis) is 1. The molecule has 0 aromatic rings. The molecule has 1 rings (SSSR count). The van der Waals surface area contributed by atoms with Gasteiger partial charge in [-0.25, -0.2) is 4.79 Å². The average Bonchev–Trinajstić information content (AvgIpc) is 3.14. The van der Waals surface area contributed by atoms with Gasteiger partial charge in [-0.3, -0.25) is 9.59 Å². The van der Waals surface area contributed by atoms with Gasteiger partial charge >= 0.3 is 6.09 Å². The summed E-state index contributed by atoms with van der Waals surface area (Å²) in [5.41, 5.74) is 0.430. The van der Waals surface area contributed by atoms with Crippen LogP contribution < -0.4 is 16.0 Å². The summed E-state index contributed by atoms with van der Waals surface area (Å²) in [6.45, 7) is 15.2. The van der Waals surface area contributed by atoms with Crippen molar-refractivity contribution < 1.29 is 33.7 Å². The van der Waals surface area contributed by atoms with Gasteiger partial charge in [-0.15, -0.1) is 0 Å². The summed E-state index contributed by atoms with van der Waals surface area (Å²) in [6.07, 6.45) is 18.0. The number of aliphatic hydroxyl groups excluding tert-OH is 1. The third-order valence-electron chi connectivity index (χ3n) is 6.88. The second-order valence-corrected chi connectivity index (χ2v) is 12.5. The zero-order valence-corrected chi connectivity index (χ0v) is 28.5. The standard InChI is InChI=1S/C35H55N3O7/c1-10-11-17-27(44-34(42)37-24(2)3)18-15-22-36-32(40)31(35(6,7)8)38-30(39)21-13-12-16-25(4)23-26(5)28-19-14-20-29(43-9)33(41)45-28/h10-13,15-16,20-24,26-28,31,33,41H,14,17-19H2,1-9H3,(H,36,40)(H,37,42)(H,38,39)/b11-10-,16-12-,21-13-,22-15-,25-23+/t26-,27-,28-,31+,33+/m0/s1. The Morgan fingerprint density at radius 1 is 1.09 bits per heavy atom. The Morgan fingerprint density at radius 2 is 1.76 bits per heavy atom. The van der Waals surface area contributed by atoms with Crippen molar-refractivity contribution in [3.63, 3.8) is 0 Å². The molecule has 0 aromatic carbocycles. The number of ether oxygens (including phenoxy) is 3. The fourth-order valence-electron chi connectivity index (χ4n) is 4.50. The molecular weight excluding hydrogens is 574 g/mol. The van der Waals surface area contributed by atoms with Crippen LogP contribution >= 0.6 is 0 Å². The van der Waals surface area contributed by atoms with Crippen molar-refractivity contribution in [3.8, 4) is 0 Å². The number of nitrogens with one attached hydrogen (secondary N) is 3. The van der Waals surface area contributed by atoms with E-state index in [4.69, 9.17) is 14.2 Å². The quantitative estimate of drug-likeness (QED) is 0.103. The van der Waals surface area contributed by atoms with Crippen molar-refractivity contribution in [2.45, 2.75) is 112 Å². The van der Waals surface area contributed by atoms with Gasteiger partial charge in [-0.1, -0.05) is 75.8 Å². The van der Waals surface area contributed by atoms with Crippen LogP contribution in [0.1, 0.15) is 81.1 Å². The Morgan fingerprint density at radius 3 is 2.38 bits per heavy atom. The molecule has 0 unspecified atom stereocenters. The van der Waals surface area contributed by atoms with Crippen LogP contribution in [-0.4, -0.2) is 60.7 Å². The molecule has 1 aliphatic heterocycles. The number of aliphatic hydroxyl groups is 1. The molecular formula is C35H55N3O7. The average molecular weight is 630 g/mol. The molecule has 10 heteroatoms. The number of rotatable bonds is 15. The second-order valence-electron chi connectivity index (χ2n) is 12.5. The highest BCUT2D eigenvalue weighted by molar-refractivity contribution is 5.93. The first-order valence-corrected chi connectivity index (χ1v) is 15.6.